The third kappa shape index (κ3) is 13.7. The summed E-state index contributed by atoms with van der Waals surface area (Å²) in [5.41, 5.74) is 1.80. The first-order valence-electron chi connectivity index (χ1n) is 16.3. The largest absolute Gasteiger partial charge is 0.474 e. The van der Waals surface area contributed by atoms with E-state index in [0.717, 1.165) is 12.1 Å². The number of nitrogens with zero attached hydrogens (tertiary/aromatic N) is 5. The highest BCUT2D eigenvalue weighted by Crippen LogP contribution is 2.49. The van der Waals surface area contributed by atoms with Crippen LogP contribution in [0, 0.1) is 21.4 Å². The number of hydrogen-bond donors (Lipinski definition) is 1. The Bertz CT molecular complexity index is 1900. The lowest BCUT2D eigenvalue weighted by molar-refractivity contribution is -0.383. The molecule has 0 radical (unpaired) electrons. The van der Waals surface area contributed by atoms with Crippen LogP contribution in [0.1, 0.15) is 32.6 Å². The summed E-state index contributed by atoms with van der Waals surface area (Å²) in [6, 6.07) is 18.8. The zero-order chi connectivity index (χ0) is 38.0. The van der Waals surface area contributed by atoms with Crippen molar-refractivity contribution in [3.8, 4) is 6.07 Å². The lowest BCUT2D eigenvalue weighted by Gasteiger charge is -2.25. The first-order chi connectivity index (χ1) is 24.9. The number of azo groups is 1. The maximum Gasteiger partial charge on any atom is 0.474 e. The van der Waals surface area contributed by atoms with Gasteiger partial charge in [0, 0.05) is 43.7 Å². The fraction of sp³-hybridized carbons (Fsp3) is 0.424. The normalized spacial score (nSPS) is 12.6. The van der Waals surface area contributed by atoms with Gasteiger partial charge in [0.05, 0.1) is 71.9 Å². The number of nitro groups is 1. The lowest BCUT2D eigenvalue weighted by Crippen LogP contribution is -2.28. The van der Waals surface area contributed by atoms with Crippen molar-refractivity contribution >= 4 is 63.1 Å². The van der Waals surface area contributed by atoms with Gasteiger partial charge in [0.1, 0.15) is 6.61 Å². The maximum atomic E-state index is 13.3. The molecule has 1 N–H and O–H groups in total. The number of sulfone groups is 1. The molecule has 1 amide bonds. The van der Waals surface area contributed by atoms with E-state index in [2.05, 4.69) is 15.5 Å². The molecule has 0 saturated heterocycles. The Balaban J connectivity index is 1.57. The molecule has 280 valence electrons. The van der Waals surface area contributed by atoms with E-state index in [1.54, 1.807) is 42.5 Å². The summed E-state index contributed by atoms with van der Waals surface area (Å²) in [5.74, 6) is -2.15. The molecule has 0 fully saturated rings. The predicted octanol–water partition coefficient (Wildman–Crippen LogP) is 5.94. The molecule has 0 aliphatic carbocycles. The van der Waals surface area contributed by atoms with E-state index in [-0.39, 0.29) is 50.6 Å². The molecular formula is C33H41N6O11PS. The second kappa shape index (κ2) is 20.9. The predicted molar refractivity (Wildman–Crippen MR) is 192 cm³/mol. The Labute approximate surface area is 301 Å². The van der Waals surface area contributed by atoms with Crippen LogP contribution in [0.25, 0.3) is 10.8 Å². The van der Waals surface area contributed by atoms with Crippen molar-refractivity contribution in [1.29, 1.82) is 5.26 Å². The molecule has 3 rings (SSSR count). The van der Waals surface area contributed by atoms with Crippen molar-refractivity contribution < 1.29 is 45.8 Å². The summed E-state index contributed by atoms with van der Waals surface area (Å²) in [6.45, 7) is 1.48. The summed E-state index contributed by atoms with van der Waals surface area (Å²) in [4.78, 5) is 35.9. The SMILES string of the molecule is CCCN(CCOP(=O)(OCCC#N)OCCS(=O)(=O)CCOC(=O)CCC(=O)NC)c1ccc(N=Nc2ccc([N+](=O)[O-])c3ccccc23)cc1. The number of nitrogens with one attached hydrogen (secondary N) is 1. The number of nitro benzene ring substituents is 1. The number of phosphoric ester groups is 1. The van der Waals surface area contributed by atoms with Crippen molar-refractivity contribution in [1.82, 2.24) is 5.32 Å². The number of rotatable bonds is 23. The Morgan fingerprint density at radius 1 is 0.923 bits per heavy atom. The molecule has 0 aliphatic rings. The molecule has 17 nitrogen and oxygen atoms in total. The van der Waals surface area contributed by atoms with Crippen LogP contribution in [0.15, 0.2) is 70.9 Å². The second-order valence-corrected chi connectivity index (χ2v) is 15.0. The minimum Gasteiger partial charge on any atom is -0.465 e. The average molecular weight is 761 g/mol. The maximum absolute atomic E-state index is 13.3. The van der Waals surface area contributed by atoms with E-state index in [4.69, 9.17) is 23.6 Å². The van der Waals surface area contributed by atoms with Gasteiger partial charge in [0.15, 0.2) is 9.84 Å². The van der Waals surface area contributed by atoms with Crippen LogP contribution in [-0.2, 0) is 42.3 Å². The fourth-order valence-corrected chi connectivity index (χ4v) is 6.81. The van der Waals surface area contributed by atoms with Gasteiger partial charge in [0.25, 0.3) is 5.69 Å². The van der Waals surface area contributed by atoms with Gasteiger partial charge in [-0.15, -0.1) is 5.11 Å². The number of carbonyl (C=O) groups is 2. The van der Waals surface area contributed by atoms with Crippen LogP contribution >= 0.6 is 7.82 Å². The number of ether oxygens (including phenoxy) is 1. The van der Waals surface area contributed by atoms with E-state index >= 15 is 0 Å². The van der Waals surface area contributed by atoms with Gasteiger partial charge in [0.2, 0.25) is 5.91 Å². The van der Waals surface area contributed by atoms with Gasteiger partial charge >= 0.3 is 13.8 Å². The lowest BCUT2D eigenvalue weighted by atomic mass is 10.1. The second-order valence-electron chi connectivity index (χ2n) is 11.0. The number of esters is 1. The molecule has 1 unspecified atom stereocenters. The van der Waals surface area contributed by atoms with Crippen LogP contribution in [0.3, 0.4) is 0 Å². The number of nitriles is 1. The van der Waals surface area contributed by atoms with Crippen LogP contribution < -0.4 is 10.2 Å². The van der Waals surface area contributed by atoms with Crippen LogP contribution in [0.2, 0.25) is 0 Å². The molecule has 0 spiro atoms. The van der Waals surface area contributed by atoms with Crippen LogP contribution in [0.4, 0.5) is 22.7 Å². The number of non-ortho nitro benzene ring substituents is 1. The van der Waals surface area contributed by atoms with Gasteiger partial charge in [-0.05, 0) is 42.8 Å². The zero-order valence-corrected chi connectivity index (χ0v) is 30.6. The summed E-state index contributed by atoms with van der Waals surface area (Å²) in [5, 5.41) is 32.3. The van der Waals surface area contributed by atoms with Crippen molar-refractivity contribution in [2.24, 2.45) is 10.2 Å². The molecular weight excluding hydrogens is 719 g/mol. The fourth-order valence-electron chi connectivity index (χ4n) is 4.65. The molecule has 1 atom stereocenters. The quantitative estimate of drug-likeness (QED) is 0.0295. The van der Waals surface area contributed by atoms with Gasteiger partial charge in [-0.3, -0.25) is 33.3 Å². The van der Waals surface area contributed by atoms with Crippen molar-refractivity contribution in [2.45, 2.75) is 32.6 Å². The van der Waals surface area contributed by atoms with E-state index in [1.165, 1.54) is 13.1 Å². The number of phosphoric acid groups is 1. The summed E-state index contributed by atoms with van der Waals surface area (Å²) in [6.07, 6.45) is 0.382. The molecule has 3 aromatic rings. The average Bonchev–Trinajstić information content (AvgIpc) is 3.12. The molecule has 0 aliphatic heterocycles. The van der Waals surface area contributed by atoms with E-state index in [0.29, 0.717) is 28.7 Å². The Morgan fingerprint density at radius 2 is 1.60 bits per heavy atom. The smallest absolute Gasteiger partial charge is 0.465 e. The van der Waals surface area contributed by atoms with Crippen LogP contribution in [0.5, 0.6) is 0 Å². The van der Waals surface area contributed by atoms with Gasteiger partial charge < -0.3 is 15.0 Å². The topological polar surface area (TPSA) is 229 Å². The highest BCUT2D eigenvalue weighted by atomic mass is 32.2. The van der Waals surface area contributed by atoms with Gasteiger partial charge in [-0.2, -0.15) is 10.4 Å². The molecule has 0 saturated carbocycles. The minimum absolute atomic E-state index is 0.0203. The number of amides is 1. The standard InChI is InChI=1S/C33H41N6O11PS/c1-3-18-38(27-11-9-26(10-12-27)36-37-30-13-14-31(39(42)43)29-8-5-4-7-28(29)30)19-21-49-51(44,48-20-6-17-34)50-23-25-52(45,46)24-22-47-33(41)16-15-32(40)35-2/h4-5,7-14H,3,6,15-16,18-25H2,1-2H3,(H,35,40). The zero-order valence-electron chi connectivity index (χ0n) is 28.8. The van der Waals surface area contributed by atoms with Gasteiger partial charge in [-0.1, -0.05) is 25.1 Å². The molecule has 0 aromatic heterocycles. The number of benzene rings is 3. The number of anilines is 1. The highest BCUT2D eigenvalue weighted by Gasteiger charge is 2.28. The Morgan fingerprint density at radius 3 is 2.27 bits per heavy atom. The first-order valence-corrected chi connectivity index (χ1v) is 19.6. The first kappa shape index (κ1) is 41.6. The summed E-state index contributed by atoms with van der Waals surface area (Å²) >= 11 is 0. The summed E-state index contributed by atoms with van der Waals surface area (Å²) < 4.78 is 59.1. The van der Waals surface area contributed by atoms with E-state index in [9.17, 15) is 32.7 Å². The minimum atomic E-state index is -4.27. The van der Waals surface area contributed by atoms with Crippen LogP contribution in [-0.4, -0.2) is 83.3 Å². The number of fused-ring (bicyclic) bond motifs is 1. The Kier molecular flexibility index (Phi) is 16.7. The molecule has 0 bridgehead atoms. The third-order valence-corrected chi connectivity index (χ3v) is 10.3. The van der Waals surface area contributed by atoms with Crippen molar-refractivity contribution in [2.75, 3.05) is 63.0 Å². The molecule has 19 heteroatoms. The summed E-state index contributed by atoms with van der Waals surface area (Å²) in [7, 11) is -6.63. The number of hydrogen-bond acceptors (Lipinski definition) is 15. The third-order valence-electron chi connectivity index (χ3n) is 7.27. The number of carbonyl (C=O) groups excluding carboxylic acids is 2. The van der Waals surface area contributed by atoms with E-state index in [1.807, 2.05) is 30.0 Å². The molecule has 3 aromatic carbocycles. The highest BCUT2D eigenvalue weighted by molar-refractivity contribution is 7.91. The molecule has 52 heavy (non-hydrogen) atoms. The Hall–Kier alpha value is -4.79. The van der Waals surface area contributed by atoms with E-state index < -0.39 is 53.3 Å². The van der Waals surface area contributed by atoms with Crippen molar-refractivity contribution in [3.05, 3.63) is 70.8 Å². The monoisotopic (exact) mass is 760 g/mol. The molecule has 0 heterocycles. The van der Waals surface area contributed by atoms with Gasteiger partial charge in [-0.25, -0.2) is 13.0 Å². The van der Waals surface area contributed by atoms with Crippen molar-refractivity contribution in [3.63, 3.8) is 0 Å².